The van der Waals surface area contributed by atoms with E-state index in [2.05, 4.69) is 34.4 Å². The van der Waals surface area contributed by atoms with E-state index in [1.54, 1.807) is 0 Å². The summed E-state index contributed by atoms with van der Waals surface area (Å²) in [4.78, 5) is 8.26. The normalized spacial score (nSPS) is 12.5. The van der Waals surface area contributed by atoms with Gasteiger partial charge in [-0.25, -0.2) is 9.97 Å². The Hall–Kier alpha value is -1.49. The second-order valence-corrected chi connectivity index (χ2v) is 4.46. The van der Waals surface area contributed by atoms with Crippen LogP contribution in [0.15, 0.2) is 12.4 Å². The van der Waals surface area contributed by atoms with Crippen molar-refractivity contribution in [2.45, 2.75) is 39.3 Å². The molecule has 3 N–H and O–H groups in total. The highest BCUT2D eigenvalue weighted by Crippen LogP contribution is 2.08. The summed E-state index contributed by atoms with van der Waals surface area (Å²) in [6.45, 7) is 6.15. The third kappa shape index (κ3) is 4.48. The van der Waals surface area contributed by atoms with Crippen molar-refractivity contribution in [3.05, 3.63) is 18.1 Å². The second-order valence-electron chi connectivity index (χ2n) is 4.46. The molecule has 94 valence electrons. The van der Waals surface area contributed by atoms with Gasteiger partial charge in [-0.05, 0) is 27.8 Å². The predicted octanol–water partition coefficient (Wildman–Crippen LogP) is 1.66. The molecule has 0 aromatic carbocycles. The third-order valence-corrected chi connectivity index (χ3v) is 2.42. The largest absolute Gasteiger partial charge is 0.368 e. The molecule has 0 bridgehead atoms. The van der Waals surface area contributed by atoms with E-state index >= 15 is 0 Å². The van der Waals surface area contributed by atoms with Crippen molar-refractivity contribution in [2.75, 3.05) is 12.4 Å². The molecule has 5 nitrogen and oxygen atoms in total. The average molecular weight is 235 g/mol. The van der Waals surface area contributed by atoms with Crippen LogP contribution in [0.2, 0.25) is 0 Å². The second kappa shape index (κ2) is 6.30. The Morgan fingerprint density at radius 3 is 2.65 bits per heavy atom. The molecule has 0 fully saturated rings. The first-order chi connectivity index (χ1) is 8.02. The molecule has 0 aliphatic carbocycles. The van der Waals surface area contributed by atoms with Gasteiger partial charge in [0.05, 0.1) is 11.4 Å². The van der Waals surface area contributed by atoms with Gasteiger partial charge in [-0.3, -0.25) is 0 Å². The minimum atomic E-state index is 0.277. The molecule has 0 amide bonds. The van der Waals surface area contributed by atoms with Crippen LogP contribution in [0.4, 0.5) is 5.82 Å². The molecular formula is C12H21N5. The number of rotatable bonds is 6. The SMILES string of the molecule is CN[C@H](C)CC(=N)c1cc(NC(C)C)ncn1. The zero-order valence-corrected chi connectivity index (χ0v) is 10.9. The summed E-state index contributed by atoms with van der Waals surface area (Å²) < 4.78 is 0. The van der Waals surface area contributed by atoms with Crippen LogP contribution >= 0.6 is 0 Å². The maximum Gasteiger partial charge on any atom is 0.130 e. The molecule has 0 spiro atoms. The fourth-order valence-corrected chi connectivity index (χ4v) is 1.41. The van der Waals surface area contributed by atoms with Gasteiger partial charge in [0.1, 0.15) is 12.1 Å². The summed E-state index contributed by atoms with van der Waals surface area (Å²) in [5.74, 6) is 0.770. The van der Waals surface area contributed by atoms with Crippen molar-refractivity contribution in [3.8, 4) is 0 Å². The first-order valence-electron chi connectivity index (χ1n) is 5.86. The molecule has 1 rings (SSSR count). The van der Waals surface area contributed by atoms with Crippen molar-refractivity contribution in [3.63, 3.8) is 0 Å². The highest BCUT2D eigenvalue weighted by atomic mass is 15.0. The third-order valence-electron chi connectivity index (χ3n) is 2.42. The quantitative estimate of drug-likeness (QED) is 0.656. The van der Waals surface area contributed by atoms with Crippen LogP contribution in [0, 0.1) is 5.41 Å². The fourth-order valence-electron chi connectivity index (χ4n) is 1.41. The fraction of sp³-hybridized carbons (Fsp3) is 0.583. The number of nitrogens with one attached hydrogen (secondary N) is 3. The summed E-state index contributed by atoms with van der Waals surface area (Å²) in [7, 11) is 1.89. The molecule has 17 heavy (non-hydrogen) atoms. The van der Waals surface area contributed by atoms with Crippen LogP contribution in [0.5, 0.6) is 0 Å². The van der Waals surface area contributed by atoms with Gasteiger partial charge < -0.3 is 16.0 Å². The zero-order chi connectivity index (χ0) is 12.8. The van der Waals surface area contributed by atoms with Crippen LogP contribution < -0.4 is 10.6 Å². The molecular weight excluding hydrogens is 214 g/mol. The maximum absolute atomic E-state index is 7.98. The van der Waals surface area contributed by atoms with E-state index in [9.17, 15) is 0 Å². The molecule has 0 aliphatic rings. The zero-order valence-electron chi connectivity index (χ0n) is 10.9. The van der Waals surface area contributed by atoms with Crippen LogP contribution in [0.3, 0.4) is 0 Å². The lowest BCUT2D eigenvalue weighted by molar-refractivity contribution is 0.632. The van der Waals surface area contributed by atoms with Gasteiger partial charge in [-0.15, -0.1) is 0 Å². The van der Waals surface area contributed by atoms with Gasteiger partial charge in [-0.1, -0.05) is 0 Å². The minimum absolute atomic E-state index is 0.277. The van der Waals surface area contributed by atoms with Crippen molar-refractivity contribution < 1.29 is 0 Å². The lowest BCUT2D eigenvalue weighted by Gasteiger charge is -2.12. The summed E-state index contributed by atoms with van der Waals surface area (Å²) in [5, 5.41) is 14.3. The minimum Gasteiger partial charge on any atom is -0.368 e. The molecule has 0 radical (unpaired) electrons. The van der Waals surface area contributed by atoms with E-state index in [1.807, 2.05) is 20.0 Å². The molecule has 0 saturated carbocycles. The van der Waals surface area contributed by atoms with E-state index in [1.165, 1.54) is 6.33 Å². The van der Waals surface area contributed by atoms with Crippen molar-refractivity contribution in [1.82, 2.24) is 15.3 Å². The van der Waals surface area contributed by atoms with Crippen LogP contribution in [-0.2, 0) is 0 Å². The Morgan fingerprint density at radius 1 is 1.35 bits per heavy atom. The van der Waals surface area contributed by atoms with E-state index in [-0.39, 0.29) is 6.04 Å². The van der Waals surface area contributed by atoms with Crippen LogP contribution in [0.25, 0.3) is 0 Å². The van der Waals surface area contributed by atoms with Gasteiger partial charge >= 0.3 is 0 Å². The van der Waals surface area contributed by atoms with Crippen LogP contribution in [-0.4, -0.2) is 34.8 Å². The molecule has 0 unspecified atom stereocenters. The monoisotopic (exact) mass is 235 g/mol. The van der Waals surface area contributed by atoms with Crippen molar-refractivity contribution in [2.24, 2.45) is 0 Å². The Morgan fingerprint density at radius 2 is 2.06 bits per heavy atom. The summed E-state index contributed by atoms with van der Waals surface area (Å²) in [5.41, 5.74) is 1.21. The maximum atomic E-state index is 7.98. The smallest absolute Gasteiger partial charge is 0.130 e. The summed E-state index contributed by atoms with van der Waals surface area (Å²) in [6.07, 6.45) is 2.16. The van der Waals surface area contributed by atoms with Gasteiger partial charge in [-0.2, -0.15) is 0 Å². The Kier molecular flexibility index (Phi) is 5.03. The molecule has 5 heteroatoms. The van der Waals surface area contributed by atoms with E-state index in [0.717, 1.165) is 5.82 Å². The number of aromatic nitrogens is 2. The standard InChI is InChI=1S/C12H21N5/c1-8(2)17-12-6-11(15-7-16-12)10(13)5-9(3)14-4/h6-9,13-14H,5H2,1-4H3,(H,15,16,17)/t9-/m1/s1. The van der Waals surface area contributed by atoms with Gasteiger partial charge in [0.25, 0.3) is 0 Å². The highest BCUT2D eigenvalue weighted by Gasteiger charge is 2.09. The number of nitrogens with zero attached hydrogens (tertiary/aromatic N) is 2. The first-order valence-corrected chi connectivity index (χ1v) is 5.86. The average Bonchev–Trinajstić information content (AvgIpc) is 2.28. The molecule has 0 aliphatic heterocycles. The highest BCUT2D eigenvalue weighted by molar-refractivity contribution is 5.97. The molecule has 0 saturated heterocycles. The van der Waals surface area contributed by atoms with E-state index < -0.39 is 0 Å². The molecule has 1 aromatic heterocycles. The topological polar surface area (TPSA) is 73.7 Å². The number of hydrogen-bond donors (Lipinski definition) is 3. The Bertz CT molecular complexity index is 375. The molecule has 1 atom stereocenters. The van der Waals surface area contributed by atoms with Gasteiger partial charge in [0, 0.05) is 24.6 Å². The Labute approximate surface area is 103 Å². The Balaban J connectivity index is 2.73. The number of anilines is 1. The number of hydrogen-bond acceptors (Lipinski definition) is 5. The van der Waals surface area contributed by atoms with Gasteiger partial charge in [0.2, 0.25) is 0 Å². The van der Waals surface area contributed by atoms with E-state index in [4.69, 9.17) is 5.41 Å². The molecule has 1 heterocycles. The van der Waals surface area contributed by atoms with Gasteiger partial charge in [0.15, 0.2) is 0 Å². The predicted molar refractivity (Wildman–Crippen MR) is 70.8 cm³/mol. The lowest BCUT2D eigenvalue weighted by Crippen LogP contribution is -2.25. The van der Waals surface area contributed by atoms with Crippen molar-refractivity contribution in [1.29, 1.82) is 5.41 Å². The summed E-state index contributed by atoms with van der Waals surface area (Å²) in [6, 6.07) is 2.42. The van der Waals surface area contributed by atoms with Crippen LogP contribution in [0.1, 0.15) is 32.9 Å². The lowest BCUT2D eigenvalue weighted by atomic mass is 10.1. The van der Waals surface area contributed by atoms with E-state index in [0.29, 0.717) is 23.9 Å². The molecule has 1 aromatic rings. The van der Waals surface area contributed by atoms with Crippen molar-refractivity contribution >= 4 is 11.5 Å². The summed E-state index contributed by atoms with van der Waals surface area (Å²) >= 11 is 0. The first kappa shape index (κ1) is 13.6.